The van der Waals surface area contributed by atoms with Gasteiger partial charge in [-0.1, -0.05) is 182 Å². The van der Waals surface area contributed by atoms with Crippen LogP contribution in [0.2, 0.25) is 0 Å². The van der Waals surface area contributed by atoms with Gasteiger partial charge in [-0.05, 0) is 25.2 Å². The fraction of sp³-hybridized carbons (Fsp3) is 0.952. The standard InChI is InChI=1S/C42H83N3O6/c1-5-7-9-11-13-15-16-17-18-19-20-21-22-24-26-28-30-34(29-27-25-23-14-12-10-8-6-2)40(49)45-42-37(39(48)38(47)36(32-46)51-42)44-41(50)35(43)31-33(3)4/h33-39,42,46-48H,5-32,43H2,1-4H3,(H,44,50)(H,45,49)/t34?,35-,36+,37+,38+,39+,42+/m0/s1. The molecule has 0 aromatic carbocycles. The molecule has 1 rings (SSSR count). The Morgan fingerprint density at radius 2 is 1.00 bits per heavy atom. The average Bonchev–Trinajstić information content (AvgIpc) is 3.10. The molecule has 9 heteroatoms. The quantitative estimate of drug-likeness (QED) is 0.0373. The lowest BCUT2D eigenvalue weighted by Gasteiger charge is -2.43. The maximum absolute atomic E-state index is 13.8. The second-order valence-corrected chi connectivity index (χ2v) is 16.1. The maximum Gasteiger partial charge on any atom is 0.237 e. The van der Waals surface area contributed by atoms with Gasteiger partial charge in [0.2, 0.25) is 11.8 Å². The minimum absolute atomic E-state index is 0.171. The number of amides is 2. The first kappa shape index (κ1) is 47.8. The zero-order valence-electron chi connectivity index (χ0n) is 33.6. The first-order chi connectivity index (χ1) is 24.7. The molecule has 1 saturated heterocycles. The van der Waals surface area contributed by atoms with Gasteiger partial charge >= 0.3 is 0 Å². The summed E-state index contributed by atoms with van der Waals surface area (Å²) in [7, 11) is 0. The van der Waals surface area contributed by atoms with Gasteiger partial charge in [0.1, 0.15) is 24.4 Å². The van der Waals surface area contributed by atoms with Crippen molar-refractivity contribution in [1.29, 1.82) is 0 Å². The molecule has 51 heavy (non-hydrogen) atoms. The number of rotatable bonds is 33. The van der Waals surface area contributed by atoms with E-state index in [4.69, 9.17) is 10.5 Å². The summed E-state index contributed by atoms with van der Waals surface area (Å²) in [4.78, 5) is 26.7. The van der Waals surface area contributed by atoms with Gasteiger partial charge in [-0.3, -0.25) is 9.59 Å². The highest BCUT2D eigenvalue weighted by Gasteiger charge is 2.46. The van der Waals surface area contributed by atoms with Gasteiger partial charge < -0.3 is 36.4 Å². The number of aliphatic hydroxyl groups is 3. The second kappa shape index (κ2) is 31.1. The van der Waals surface area contributed by atoms with Crippen LogP contribution in [-0.2, 0) is 14.3 Å². The molecule has 0 radical (unpaired) electrons. The fourth-order valence-electron chi connectivity index (χ4n) is 7.42. The molecule has 1 unspecified atom stereocenters. The third kappa shape index (κ3) is 22.5. The molecule has 0 aromatic heterocycles. The van der Waals surface area contributed by atoms with E-state index in [1.54, 1.807) is 0 Å². The molecule has 1 aliphatic rings. The van der Waals surface area contributed by atoms with E-state index in [1.807, 2.05) is 13.8 Å². The van der Waals surface area contributed by atoms with Crippen molar-refractivity contribution in [3.05, 3.63) is 0 Å². The molecule has 1 heterocycles. The number of hydrogen-bond donors (Lipinski definition) is 6. The summed E-state index contributed by atoms with van der Waals surface area (Å²) in [6.45, 7) is 7.91. The third-order valence-corrected chi connectivity index (χ3v) is 10.8. The molecule has 0 spiro atoms. The summed E-state index contributed by atoms with van der Waals surface area (Å²) in [5, 5.41) is 37.0. The van der Waals surface area contributed by atoms with E-state index < -0.39 is 49.1 Å². The highest BCUT2D eigenvalue weighted by Crippen LogP contribution is 2.24. The van der Waals surface area contributed by atoms with Crippen molar-refractivity contribution >= 4 is 11.8 Å². The minimum Gasteiger partial charge on any atom is -0.394 e. The lowest BCUT2D eigenvalue weighted by atomic mass is 9.92. The summed E-state index contributed by atoms with van der Waals surface area (Å²) >= 11 is 0. The van der Waals surface area contributed by atoms with Crippen LogP contribution < -0.4 is 16.4 Å². The number of carbonyl (C=O) groups is 2. The minimum atomic E-state index is -1.44. The van der Waals surface area contributed by atoms with Crippen molar-refractivity contribution in [3.63, 3.8) is 0 Å². The zero-order chi connectivity index (χ0) is 37.7. The Balaban J connectivity index is 2.63. The zero-order valence-corrected chi connectivity index (χ0v) is 33.6. The SMILES string of the molecule is CCCCCCCCCCCCCCCCCCC(CCCCCCCCCC)C(=O)N[C@@H]1O[C@H](CO)[C@@H](O)[C@H](O)[C@H]1NC(=O)[C@@H](N)CC(C)C. The van der Waals surface area contributed by atoms with Crippen molar-refractivity contribution in [2.75, 3.05) is 6.61 Å². The summed E-state index contributed by atoms with van der Waals surface area (Å²) < 4.78 is 5.89. The molecule has 302 valence electrons. The van der Waals surface area contributed by atoms with Crippen molar-refractivity contribution in [1.82, 2.24) is 10.6 Å². The Bertz CT molecular complexity index is 845. The van der Waals surface area contributed by atoms with Gasteiger partial charge in [0.05, 0.1) is 12.6 Å². The number of nitrogens with two attached hydrogens (primary N) is 1. The molecule has 7 atom stereocenters. The van der Waals surface area contributed by atoms with E-state index in [9.17, 15) is 24.9 Å². The Hall–Kier alpha value is -1.26. The third-order valence-electron chi connectivity index (χ3n) is 10.8. The van der Waals surface area contributed by atoms with Crippen LogP contribution in [0.5, 0.6) is 0 Å². The highest BCUT2D eigenvalue weighted by molar-refractivity contribution is 5.82. The lowest BCUT2D eigenvalue weighted by molar-refractivity contribution is -0.204. The van der Waals surface area contributed by atoms with E-state index in [0.717, 1.165) is 38.5 Å². The Labute approximate surface area is 313 Å². The summed E-state index contributed by atoms with van der Waals surface area (Å²) in [5.74, 6) is -0.667. The molecule has 1 aliphatic heterocycles. The van der Waals surface area contributed by atoms with E-state index >= 15 is 0 Å². The first-order valence-electron chi connectivity index (χ1n) is 21.6. The second-order valence-electron chi connectivity index (χ2n) is 16.1. The van der Waals surface area contributed by atoms with Crippen LogP contribution >= 0.6 is 0 Å². The van der Waals surface area contributed by atoms with Crippen molar-refractivity contribution in [2.24, 2.45) is 17.6 Å². The molecule has 0 bridgehead atoms. The molecule has 2 amide bonds. The maximum atomic E-state index is 13.8. The Morgan fingerprint density at radius 1 is 0.608 bits per heavy atom. The van der Waals surface area contributed by atoms with Crippen molar-refractivity contribution < 1.29 is 29.6 Å². The van der Waals surface area contributed by atoms with Gasteiger partial charge in [-0.25, -0.2) is 0 Å². The molecular weight excluding hydrogens is 642 g/mol. The predicted octanol–water partition coefficient (Wildman–Crippen LogP) is 8.20. The van der Waals surface area contributed by atoms with Crippen LogP contribution in [0.25, 0.3) is 0 Å². The van der Waals surface area contributed by atoms with E-state index in [0.29, 0.717) is 6.42 Å². The van der Waals surface area contributed by atoms with Gasteiger partial charge in [0.15, 0.2) is 6.23 Å². The van der Waals surface area contributed by atoms with Crippen LogP contribution in [0, 0.1) is 11.8 Å². The largest absolute Gasteiger partial charge is 0.394 e. The molecule has 0 saturated carbocycles. The molecule has 1 fully saturated rings. The summed E-state index contributed by atoms with van der Waals surface area (Å²) in [6, 6.07) is -1.90. The van der Waals surface area contributed by atoms with Crippen molar-refractivity contribution in [3.8, 4) is 0 Å². The van der Waals surface area contributed by atoms with Gasteiger partial charge in [-0.15, -0.1) is 0 Å². The van der Waals surface area contributed by atoms with Crippen molar-refractivity contribution in [2.45, 2.75) is 238 Å². The molecule has 7 N–H and O–H groups in total. The lowest BCUT2D eigenvalue weighted by Crippen LogP contribution is -2.69. The monoisotopic (exact) mass is 726 g/mol. The average molecular weight is 726 g/mol. The van der Waals surface area contributed by atoms with E-state index in [-0.39, 0.29) is 17.7 Å². The predicted molar refractivity (Wildman–Crippen MR) is 210 cm³/mol. The first-order valence-corrected chi connectivity index (χ1v) is 21.6. The smallest absolute Gasteiger partial charge is 0.237 e. The van der Waals surface area contributed by atoms with E-state index in [2.05, 4.69) is 24.5 Å². The van der Waals surface area contributed by atoms with Gasteiger partial charge in [0, 0.05) is 5.92 Å². The number of aliphatic hydroxyl groups excluding tert-OH is 3. The summed E-state index contributed by atoms with van der Waals surface area (Å²) in [6.07, 6.45) is 27.4. The van der Waals surface area contributed by atoms with Gasteiger partial charge in [0.25, 0.3) is 0 Å². The fourth-order valence-corrected chi connectivity index (χ4v) is 7.42. The highest BCUT2D eigenvalue weighted by atomic mass is 16.5. The molecule has 9 nitrogen and oxygen atoms in total. The Morgan fingerprint density at radius 3 is 1.37 bits per heavy atom. The molecule has 0 aromatic rings. The number of carbonyl (C=O) groups excluding carboxylic acids is 2. The van der Waals surface area contributed by atoms with Crippen LogP contribution in [0.4, 0.5) is 0 Å². The van der Waals surface area contributed by atoms with Gasteiger partial charge in [-0.2, -0.15) is 0 Å². The van der Waals surface area contributed by atoms with Crippen LogP contribution in [-0.4, -0.2) is 70.4 Å². The van der Waals surface area contributed by atoms with Crippen LogP contribution in [0.1, 0.15) is 201 Å². The Kier molecular flexibility index (Phi) is 29.1. The molecular formula is C42H83N3O6. The number of nitrogens with one attached hydrogen (secondary N) is 2. The topological polar surface area (TPSA) is 154 Å². The number of ether oxygens (including phenoxy) is 1. The normalized spacial score (nSPS) is 21.9. The van der Waals surface area contributed by atoms with Crippen LogP contribution in [0.15, 0.2) is 0 Å². The number of unbranched alkanes of at least 4 members (excludes halogenated alkanes) is 22. The summed E-state index contributed by atoms with van der Waals surface area (Å²) in [5.41, 5.74) is 6.10. The number of hydrogen-bond acceptors (Lipinski definition) is 7. The van der Waals surface area contributed by atoms with Crippen LogP contribution in [0.3, 0.4) is 0 Å². The molecule has 0 aliphatic carbocycles. The van der Waals surface area contributed by atoms with E-state index in [1.165, 1.54) is 128 Å².